The maximum absolute atomic E-state index is 13.6. The number of rotatable bonds is 4. The molecule has 0 aliphatic carbocycles. The van der Waals surface area contributed by atoms with Crippen LogP contribution in [0.5, 0.6) is 0 Å². The molecule has 7 heteroatoms. The van der Waals surface area contributed by atoms with E-state index in [4.69, 9.17) is 4.63 Å². The van der Waals surface area contributed by atoms with Crippen molar-refractivity contribution >= 4 is 22.4 Å². The molecule has 27 heavy (non-hydrogen) atoms. The minimum absolute atomic E-state index is 0.214. The summed E-state index contributed by atoms with van der Waals surface area (Å²) in [7, 11) is 0. The number of fused-ring (bicyclic) bond motifs is 1. The molecule has 0 saturated carbocycles. The van der Waals surface area contributed by atoms with Crippen molar-refractivity contribution in [1.29, 1.82) is 0 Å². The molecule has 4 aromatic rings. The normalized spacial score (nSPS) is 10.4. The van der Waals surface area contributed by atoms with Crippen LogP contribution in [0.1, 0.15) is 25.0 Å². The van der Waals surface area contributed by atoms with E-state index in [0.717, 1.165) is 16.9 Å². The summed E-state index contributed by atoms with van der Waals surface area (Å²) in [6.07, 6.45) is 4.94. The third-order valence-corrected chi connectivity index (χ3v) is 3.97. The standard InChI is InChI=1S/C18H14FN5O.C2H6/c1-12-6-13(2-4-16(12)19)10-24(15-8-20-11-21-9-15)14-3-5-17-18(7-14)23-25-22-17;1-2/h2-9,11H,10H2,1H3;1-2H3. The zero-order valence-corrected chi connectivity index (χ0v) is 15.4. The van der Waals surface area contributed by atoms with Crippen LogP contribution in [0.25, 0.3) is 11.0 Å². The summed E-state index contributed by atoms with van der Waals surface area (Å²) in [6.45, 7) is 6.28. The summed E-state index contributed by atoms with van der Waals surface area (Å²) in [5.74, 6) is -0.214. The SMILES string of the molecule is CC.Cc1cc(CN(c2cncnc2)c2ccc3nonc3c2)ccc1F. The Morgan fingerprint density at radius 1 is 0.926 bits per heavy atom. The highest BCUT2D eigenvalue weighted by Crippen LogP contribution is 2.29. The summed E-state index contributed by atoms with van der Waals surface area (Å²) in [5.41, 5.74) is 4.64. The van der Waals surface area contributed by atoms with Crippen LogP contribution in [0.4, 0.5) is 15.8 Å². The van der Waals surface area contributed by atoms with Gasteiger partial charge in [0.25, 0.3) is 0 Å². The molecule has 2 aromatic carbocycles. The van der Waals surface area contributed by atoms with Crippen molar-refractivity contribution in [2.24, 2.45) is 0 Å². The van der Waals surface area contributed by atoms with E-state index in [0.29, 0.717) is 23.1 Å². The molecule has 0 N–H and O–H groups in total. The molecule has 4 rings (SSSR count). The highest BCUT2D eigenvalue weighted by atomic mass is 19.1. The van der Waals surface area contributed by atoms with E-state index >= 15 is 0 Å². The third kappa shape index (κ3) is 4.08. The molecule has 6 nitrogen and oxygen atoms in total. The maximum Gasteiger partial charge on any atom is 0.137 e. The zero-order chi connectivity index (χ0) is 19.2. The molecule has 0 bridgehead atoms. The minimum atomic E-state index is -0.214. The van der Waals surface area contributed by atoms with Gasteiger partial charge >= 0.3 is 0 Å². The van der Waals surface area contributed by atoms with Gasteiger partial charge in [0, 0.05) is 12.2 Å². The topological polar surface area (TPSA) is 67.9 Å². The molecule has 2 aromatic heterocycles. The number of aromatic nitrogens is 4. The molecule has 0 aliphatic heterocycles. The first-order chi connectivity index (χ1) is 13.2. The van der Waals surface area contributed by atoms with Gasteiger partial charge in [0.2, 0.25) is 0 Å². The lowest BCUT2D eigenvalue weighted by Crippen LogP contribution is -2.17. The maximum atomic E-state index is 13.6. The van der Waals surface area contributed by atoms with E-state index in [2.05, 4.69) is 20.3 Å². The van der Waals surface area contributed by atoms with E-state index in [1.165, 1.54) is 12.4 Å². The van der Waals surface area contributed by atoms with Crippen molar-refractivity contribution in [1.82, 2.24) is 20.3 Å². The van der Waals surface area contributed by atoms with Crippen molar-refractivity contribution in [3.63, 3.8) is 0 Å². The van der Waals surface area contributed by atoms with Crippen LogP contribution < -0.4 is 4.90 Å². The number of benzene rings is 2. The Hall–Kier alpha value is -3.35. The molecular formula is C20H20FN5O. The van der Waals surface area contributed by atoms with Crippen molar-refractivity contribution < 1.29 is 9.02 Å². The molecule has 0 saturated heterocycles. The first kappa shape index (κ1) is 18.4. The van der Waals surface area contributed by atoms with E-state index in [1.54, 1.807) is 25.4 Å². The summed E-state index contributed by atoms with van der Waals surface area (Å²) in [4.78, 5) is 10.2. The molecular weight excluding hydrogens is 345 g/mol. The Balaban J connectivity index is 0.00000102. The first-order valence-corrected chi connectivity index (χ1v) is 8.70. The second-order valence-electron chi connectivity index (χ2n) is 5.70. The number of hydrogen-bond donors (Lipinski definition) is 0. The Labute approximate surface area is 156 Å². The van der Waals surface area contributed by atoms with Crippen molar-refractivity contribution in [2.45, 2.75) is 27.3 Å². The number of nitrogens with zero attached hydrogens (tertiary/aromatic N) is 5. The molecule has 2 heterocycles. The number of anilines is 2. The van der Waals surface area contributed by atoms with E-state index in [1.807, 2.05) is 43.0 Å². The van der Waals surface area contributed by atoms with Crippen LogP contribution >= 0.6 is 0 Å². The van der Waals surface area contributed by atoms with Crippen molar-refractivity contribution in [2.75, 3.05) is 4.90 Å². The summed E-state index contributed by atoms with van der Waals surface area (Å²) in [5, 5.41) is 7.72. The van der Waals surface area contributed by atoms with Crippen LogP contribution in [0.2, 0.25) is 0 Å². The number of aryl methyl sites for hydroxylation is 1. The Morgan fingerprint density at radius 2 is 1.67 bits per heavy atom. The van der Waals surface area contributed by atoms with E-state index < -0.39 is 0 Å². The molecule has 0 aliphatic rings. The van der Waals surface area contributed by atoms with Gasteiger partial charge in [-0.3, -0.25) is 0 Å². The van der Waals surface area contributed by atoms with Gasteiger partial charge in [0.15, 0.2) is 0 Å². The third-order valence-electron chi connectivity index (χ3n) is 3.97. The molecule has 138 valence electrons. The molecule has 0 spiro atoms. The predicted octanol–water partition coefficient (Wildman–Crippen LogP) is 4.82. The van der Waals surface area contributed by atoms with Crippen LogP contribution in [-0.4, -0.2) is 20.3 Å². The number of halogens is 1. The lowest BCUT2D eigenvalue weighted by atomic mass is 10.1. The lowest BCUT2D eigenvalue weighted by molar-refractivity contribution is 0.315. The molecule has 0 fully saturated rings. The first-order valence-electron chi connectivity index (χ1n) is 8.70. The number of hydrogen-bond acceptors (Lipinski definition) is 6. The molecule has 0 amide bonds. The van der Waals surface area contributed by atoms with Crippen molar-refractivity contribution in [3.8, 4) is 0 Å². The lowest BCUT2D eigenvalue weighted by Gasteiger charge is -2.24. The predicted molar refractivity (Wildman–Crippen MR) is 102 cm³/mol. The van der Waals surface area contributed by atoms with Gasteiger partial charge < -0.3 is 4.90 Å². The van der Waals surface area contributed by atoms with E-state index in [9.17, 15) is 4.39 Å². The Bertz CT molecular complexity index is 1020. The summed E-state index contributed by atoms with van der Waals surface area (Å²) >= 11 is 0. The monoisotopic (exact) mass is 365 g/mol. The van der Waals surface area contributed by atoms with Crippen molar-refractivity contribution in [3.05, 3.63) is 72.1 Å². The second kappa shape index (κ2) is 8.35. The van der Waals surface area contributed by atoms with Crippen LogP contribution in [0, 0.1) is 12.7 Å². The summed E-state index contributed by atoms with van der Waals surface area (Å²) < 4.78 is 18.3. The van der Waals surface area contributed by atoms with Crippen LogP contribution in [-0.2, 0) is 6.54 Å². The van der Waals surface area contributed by atoms with Gasteiger partial charge in [-0.05, 0) is 52.6 Å². The van der Waals surface area contributed by atoms with Crippen LogP contribution in [0.3, 0.4) is 0 Å². The fraction of sp³-hybridized carbons (Fsp3) is 0.200. The smallest absolute Gasteiger partial charge is 0.137 e. The van der Waals surface area contributed by atoms with Gasteiger partial charge in [-0.25, -0.2) is 19.0 Å². The average molecular weight is 365 g/mol. The quantitative estimate of drug-likeness (QED) is 0.516. The largest absolute Gasteiger partial charge is 0.334 e. The Kier molecular flexibility index (Phi) is 5.71. The second-order valence-corrected chi connectivity index (χ2v) is 5.70. The average Bonchev–Trinajstić information content (AvgIpc) is 3.19. The van der Waals surface area contributed by atoms with E-state index in [-0.39, 0.29) is 5.82 Å². The minimum Gasteiger partial charge on any atom is -0.334 e. The fourth-order valence-electron chi connectivity index (χ4n) is 2.69. The molecule has 0 radical (unpaired) electrons. The molecule has 0 unspecified atom stereocenters. The Morgan fingerprint density at radius 3 is 2.41 bits per heavy atom. The highest BCUT2D eigenvalue weighted by Gasteiger charge is 2.13. The fourth-order valence-corrected chi connectivity index (χ4v) is 2.69. The van der Waals surface area contributed by atoms with Gasteiger partial charge in [-0.1, -0.05) is 26.0 Å². The van der Waals surface area contributed by atoms with Gasteiger partial charge in [0.05, 0.1) is 18.1 Å². The van der Waals surface area contributed by atoms with Crippen LogP contribution in [0.15, 0.2) is 59.7 Å². The summed E-state index contributed by atoms with van der Waals surface area (Å²) in [6, 6.07) is 10.7. The van der Waals surface area contributed by atoms with Gasteiger partial charge in [0.1, 0.15) is 23.2 Å². The van der Waals surface area contributed by atoms with Gasteiger partial charge in [-0.15, -0.1) is 0 Å². The zero-order valence-electron chi connectivity index (χ0n) is 15.4. The van der Waals surface area contributed by atoms with Gasteiger partial charge in [-0.2, -0.15) is 0 Å². The molecule has 0 atom stereocenters. The highest BCUT2D eigenvalue weighted by molar-refractivity contribution is 5.79.